The average Bonchev–Trinajstić information content (AvgIpc) is 3.03. The van der Waals surface area contributed by atoms with Gasteiger partial charge in [-0.15, -0.1) is 0 Å². The standard InChI is InChI=1S/C29H46F5N5O7/c30-25-24(26(31)28(33)29(34)27(25)32)20(4-1-2-10-37-21(40)6-12-43-16-18-45-14-8-35)39-23(42)5-3-11-38-22(41)7-13-44-17-19-46-15-9-36/h20H,1-19,35-36H2,(H,37,40)(H,38,41)(H,39,42). The molecular weight excluding hydrogens is 625 g/mol. The molecular formula is C29H46F5N5O7. The Morgan fingerprint density at radius 2 is 0.978 bits per heavy atom. The van der Waals surface area contributed by atoms with Crippen molar-refractivity contribution in [3.8, 4) is 0 Å². The highest BCUT2D eigenvalue weighted by molar-refractivity contribution is 5.77. The minimum atomic E-state index is -2.31. The predicted molar refractivity (Wildman–Crippen MR) is 157 cm³/mol. The van der Waals surface area contributed by atoms with Gasteiger partial charge in [-0.3, -0.25) is 14.4 Å². The molecule has 1 aromatic rings. The van der Waals surface area contributed by atoms with Crippen molar-refractivity contribution in [2.24, 2.45) is 11.5 Å². The normalized spacial score (nSPS) is 11.8. The maximum absolute atomic E-state index is 14.6. The van der Waals surface area contributed by atoms with E-state index in [1.54, 1.807) is 0 Å². The Morgan fingerprint density at radius 1 is 0.543 bits per heavy atom. The SMILES string of the molecule is NCCOCCOCCC(=O)NCCCCC(NC(=O)CCCNC(=O)CCOCCOCCN)c1c(F)c(F)c(F)c(F)c1F. The van der Waals surface area contributed by atoms with Crippen molar-refractivity contribution >= 4 is 17.7 Å². The van der Waals surface area contributed by atoms with E-state index in [1.807, 2.05) is 0 Å². The van der Waals surface area contributed by atoms with Crippen LogP contribution < -0.4 is 27.4 Å². The fourth-order valence-corrected chi connectivity index (χ4v) is 3.98. The molecule has 17 heteroatoms. The Kier molecular flexibility index (Phi) is 22.5. The molecule has 0 radical (unpaired) electrons. The Hall–Kier alpha value is -2.96. The monoisotopic (exact) mass is 671 g/mol. The van der Waals surface area contributed by atoms with Crippen LogP contribution in [0.2, 0.25) is 0 Å². The zero-order valence-corrected chi connectivity index (χ0v) is 25.9. The smallest absolute Gasteiger partial charge is 0.222 e. The summed E-state index contributed by atoms with van der Waals surface area (Å²) in [6, 6.07) is -1.54. The van der Waals surface area contributed by atoms with Gasteiger partial charge in [0, 0.05) is 45.4 Å². The molecule has 0 heterocycles. The second-order valence-corrected chi connectivity index (χ2v) is 9.93. The quantitative estimate of drug-likeness (QED) is 0.0402. The molecule has 0 aliphatic heterocycles. The number of nitrogens with two attached hydrogens (primary N) is 2. The molecule has 0 saturated carbocycles. The lowest BCUT2D eigenvalue weighted by Crippen LogP contribution is -2.32. The molecule has 0 fully saturated rings. The van der Waals surface area contributed by atoms with Gasteiger partial charge in [0.2, 0.25) is 23.5 Å². The molecule has 12 nitrogen and oxygen atoms in total. The molecule has 3 amide bonds. The summed E-state index contributed by atoms with van der Waals surface area (Å²) in [7, 11) is 0. The summed E-state index contributed by atoms with van der Waals surface area (Å²) < 4.78 is 91.5. The van der Waals surface area contributed by atoms with Crippen molar-refractivity contribution in [3.05, 3.63) is 34.6 Å². The van der Waals surface area contributed by atoms with Gasteiger partial charge in [0.1, 0.15) is 0 Å². The first kappa shape index (κ1) is 41.1. The van der Waals surface area contributed by atoms with E-state index in [2.05, 4.69) is 16.0 Å². The van der Waals surface area contributed by atoms with Crippen LogP contribution in [0.15, 0.2) is 0 Å². The maximum atomic E-state index is 14.6. The number of carbonyl (C=O) groups excluding carboxylic acids is 3. The number of ether oxygens (including phenoxy) is 4. The number of hydrogen-bond acceptors (Lipinski definition) is 9. The molecule has 264 valence electrons. The largest absolute Gasteiger partial charge is 0.379 e. The molecule has 7 N–H and O–H groups in total. The molecule has 0 spiro atoms. The van der Waals surface area contributed by atoms with Crippen molar-refractivity contribution in [2.45, 2.75) is 51.0 Å². The summed E-state index contributed by atoms with van der Waals surface area (Å²) in [5.41, 5.74) is 9.44. The number of hydrogen-bond donors (Lipinski definition) is 5. The van der Waals surface area contributed by atoms with E-state index in [4.69, 9.17) is 30.4 Å². The van der Waals surface area contributed by atoms with Gasteiger partial charge in [0.25, 0.3) is 0 Å². The molecule has 1 unspecified atom stereocenters. The summed E-state index contributed by atoms with van der Waals surface area (Å²) in [6.07, 6.45) is 0.378. The van der Waals surface area contributed by atoms with Crippen molar-refractivity contribution in [1.29, 1.82) is 0 Å². The van der Waals surface area contributed by atoms with E-state index in [0.29, 0.717) is 52.7 Å². The third-order valence-electron chi connectivity index (χ3n) is 6.29. The lowest BCUT2D eigenvalue weighted by atomic mass is 9.98. The van der Waals surface area contributed by atoms with Gasteiger partial charge in [-0.1, -0.05) is 0 Å². The van der Waals surface area contributed by atoms with Crippen LogP contribution in [0.1, 0.15) is 56.6 Å². The van der Waals surface area contributed by atoms with Crippen LogP contribution in [-0.4, -0.2) is 96.8 Å². The lowest BCUT2D eigenvalue weighted by molar-refractivity contribution is -0.124. The van der Waals surface area contributed by atoms with Gasteiger partial charge in [0.15, 0.2) is 23.3 Å². The molecule has 0 aromatic heterocycles. The molecule has 46 heavy (non-hydrogen) atoms. The number of rotatable bonds is 27. The fraction of sp³-hybridized carbons (Fsp3) is 0.690. The zero-order valence-electron chi connectivity index (χ0n) is 25.9. The summed E-state index contributed by atoms with van der Waals surface area (Å²) in [6.45, 7) is 3.49. The van der Waals surface area contributed by atoms with Crippen LogP contribution in [0.25, 0.3) is 0 Å². The number of halogens is 5. The lowest BCUT2D eigenvalue weighted by Gasteiger charge is -2.21. The first-order chi connectivity index (χ1) is 22.1. The van der Waals surface area contributed by atoms with E-state index in [0.717, 1.165) is 0 Å². The number of unbranched alkanes of at least 4 members (excludes halogenated alkanes) is 1. The molecule has 0 aliphatic rings. The number of benzene rings is 1. The Morgan fingerprint density at radius 3 is 1.46 bits per heavy atom. The molecule has 0 aliphatic carbocycles. The van der Waals surface area contributed by atoms with E-state index in [-0.39, 0.29) is 83.1 Å². The second-order valence-electron chi connectivity index (χ2n) is 9.93. The highest BCUT2D eigenvalue weighted by Gasteiger charge is 2.31. The Bertz CT molecular complexity index is 1030. The average molecular weight is 672 g/mol. The van der Waals surface area contributed by atoms with Gasteiger partial charge >= 0.3 is 0 Å². The van der Waals surface area contributed by atoms with Gasteiger partial charge in [0.05, 0.1) is 64.5 Å². The van der Waals surface area contributed by atoms with Crippen LogP contribution in [0, 0.1) is 29.1 Å². The summed E-state index contributed by atoms with van der Waals surface area (Å²) in [5.74, 6) is -12.0. The van der Waals surface area contributed by atoms with Crippen molar-refractivity contribution in [1.82, 2.24) is 16.0 Å². The van der Waals surface area contributed by atoms with Crippen molar-refractivity contribution < 1.29 is 55.3 Å². The van der Waals surface area contributed by atoms with E-state index in [9.17, 15) is 36.3 Å². The summed E-state index contributed by atoms with van der Waals surface area (Å²) in [5, 5.41) is 7.58. The van der Waals surface area contributed by atoms with E-state index in [1.165, 1.54) is 0 Å². The highest BCUT2D eigenvalue weighted by Crippen LogP contribution is 2.30. The zero-order chi connectivity index (χ0) is 34.2. The fourth-order valence-electron chi connectivity index (χ4n) is 3.98. The van der Waals surface area contributed by atoms with Crippen molar-refractivity contribution in [3.63, 3.8) is 0 Å². The van der Waals surface area contributed by atoms with Gasteiger partial charge in [-0.05, 0) is 25.7 Å². The number of carbonyl (C=O) groups is 3. The van der Waals surface area contributed by atoms with Crippen LogP contribution in [0.5, 0.6) is 0 Å². The topological polar surface area (TPSA) is 176 Å². The molecule has 1 atom stereocenters. The minimum Gasteiger partial charge on any atom is -0.379 e. The first-order valence-corrected chi connectivity index (χ1v) is 15.2. The first-order valence-electron chi connectivity index (χ1n) is 15.2. The van der Waals surface area contributed by atoms with Gasteiger partial charge < -0.3 is 46.4 Å². The van der Waals surface area contributed by atoms with Crippen LogP contribution >= 0.6 is 0 Å². The van der Waals surface area contributed by atoms with Gasteiger partial charge in [-0.2, -0.15) is 0 Å². The minimum absolute atomic E-state index is 0.0741. The van der Waals surface area contributed by atoms with Crippen LogP contribution in [-0.2, 0) is 33.3 Å². The van der Waals surface area contributed by atoms with Gasteiger partial charge in [-0.25, -0.2) is 22.0 Å². The highest BCUT2D eigenvalue weighted by atomic mass is 19.2. The third-order valence-corrected chi connectivity index (χ3v) is 6.29. The van der Waals surface area contributed by atoms with Crippen LogP contribution in [0.3, 0.4) is 0 Å². The van der Waals surface area contributed by atoms with Crippen LogP contribution in [0.4, 0.5) is 22.0 Å². The second kappa shape index (κ2) is 25.2. The Labute approximate surface area is 265 Å². The molecule has 0 saturated heterocycles. The van der Waals surface area contributed by atoms with E-state index < -0.39 is 46.6 Å². The Balaban J connectivity index is 2.54. The third kappa shape index (κ3) is 17.1. The molecule has 1 rings (SSSR count). The summed E-state index contributed by atoms with van der Waals surface area (Å²) >= 11 is 0. The number of amides is 3. The maximum Gasteiger partial charge on any atom is 0.222 e. The van der Waals surface area contributed by atoms with Crippen molar-refractivity contribution in [2.75, 3.05) is 79.0 Å². The predicted octanol–water partition coefficient (Wildman–Crippen LogP) is 1.49. The number of nitrogens with one attached hydrogen (secondary N) is 3. The molecule has 1 aromatic carbocycles. The van der Waals surface area contributed by atoms with E-state index >= 15 is 0 Å². The summed E-state index contributed by atoms with van der Waals surface area (Å²) in [4.78, 5) is 36.4. The molecule has 0 bridgehead atoms.